The summed E-state index contributed by atoms with van der Waals surface area (Å²) in [6, 6.07) is 18.7. The molecule has 2 aromatic carbocycles. The highest BCUT2D eigenvalue weighted by molar-refractivity contribution is 7.89. The summed E-state index contributed by atoms with van der Waals surface area (Å²) < 4.78 is 32.1. The zero-order chi connectivity index (χ0) is 19.1. The van der Waals surface area contributed by atoms with E-state index in [2.05, 4.69) is 10.0 Å². The minimum Gasteiger partial charge on any atom is -0.468 e. The van der Waals surface area contributed by atoms with Gasteiger partial charge in [-0.15, -0.1) is 0 Å². The van der Waals surface area contributed by atoms with Crippen LogP contribution in [-0.4, -0.2) is 14.3 Å². The first-order valence-electron chi connectivity index (χ1n) is 8.19. The fraction of sp³-hybridized carbons (Fsp3) is 0.0500. The fourth-order valence-corrected chi connectivity index (χ4v) is 3.29. The van der Waals surface area contributed by atoms with Crippen LogP contribution in [0.2, 0.25) is 0 Å². The van der Waals surface area contributed by atoms with E-state index in [1.165, 1.54) is 24.5 Å². The van der Waals surface area contributed by atoms with E-state index in [1.807, 2.05) is 18.2 Å². The number of hydrogen-bond acceptors (Lipinski definition) is 4. The van der Waals surface area contributed by atoms with E-state index >= 15 is 0 Å². The van der Waals surface area contributed by atoms with Gasteiger partial charge in [-0.25, -0.2) is 13.1 Å². The first-order chi connectivity index (χ1) is 13.0. The first kappa shape index (κ1) is 18.6. The molecule has 0 atom stereocenters. The Morgan fingerprint density at radius 3 is 2.37 bits per heavy atom. The van der Waals surface area contributed by atoms with Crippen molar-refractivity contribution in [3.05, 3.63) is 90.4 Å². The van der Waals surface area contributed by atoms with Gasteiger partial charge in [-0.2, -0.15) is 0 Å². The molecular weight excluding hydrogens is 364 g/mol. The van der Waals surface area contributed by atoms with Gasteiger partial charge in [0.2, 0.25) is 15.9 Å². The number of carbonyl (C=O) groups is 1. The molecule has 0 aliphatic rings. The zero-order valence-electron chi connectivity index (χ0n) is 14.3. The minimum atomic E-state index is -3.64. The van der Waals surface area contributed by atoms with Crippen molar-refractivity contribution in [2.24, 2.45) is 0 Å². The van der Waals surface area contributed by atoms with Crippen molar-refractivity contribution in [3.63, 3.8) is 0 Å². The van der Waals surface area contributed by atoms with Crippen molar-refractivity contribution in [2.45, 2.75) is 11.4 Å². The van der Waals surface area contributed by atoms with Gasteiger partial charge in [0, 0.05) is 11.8 Å². The summed E-state index contributed by atoms with van der Waals surface area (Å²) in [6.45, 7) is 0.0800. The molecule has 0 fully saturated rings. The number of amides is 1. The summed E-state index contributed by atoms with van der Waals surface area (Å²) in [6.07, 6.45) is 4.50. The number of sulfonamides is 1. The van der Waals surface area contributed by atoms with E-state index in [-0.39, 0.29) is 17.3 Å². The zero-order valence-corrected chi connectivity index (χ0v) is 15.1. The third-order valence-electron chi connectivity index (χ3n) is 3.68. The van der Waals surface area contributed by atoms with Crippen molar-refractivity contribution >= 4 is 27.7 Å². The highest BCUT2D eigenvalue weighted by atomic mass is 32.2. The molecule has 0 spiro atoms. The number of benzene rings is 2. The molecule has 0 saturated heterocycles. The molecule has 0 unspecified atom stereocenters. The molecule has 0 aliphatic heterocycles. The van der Waals surface area contributed by atoms with Gasteiger partial charge in [-0.1, -0.05) is 30.3 Å². The van der Waals surface area contributed by atoms with Crippen LogP contribution < -0.4 is 10.0 Å². The number of nitrogens with one attached hydrogen (secondary N) is 2. The summed E-state index contributed by atoms with van der Waals surface area (Å²) in [5, 5.41) is 2.74. The summed E-state index contributed by atoms with van der Waals surface area (Å²) >= 11 is 0. The van der Waals surface area contributed by atoms with Crippen LogP contribution in [0.25, 0.3) is 6.08 Å². The Balaban J connectivity index is 1.60. The van der Waals surface area contributed by atoms with Crippen LogP contribution in [0.3, 0.4) is 0 Å². The SMILES string of the molecule is O=C(C=Cc1ccc(S(=O)(=O)NCc2ccco2)cc1)Nc1ccccc1. The molecule has 6 nitrogen and oxygen atoms in total. The maximum Gasteiger partial charge on any atom is 0.248 e. The van der Waals surface area contributed by atoms with Gasteiger partial charge in [0.05, 0.1) is 17.7 Å². The summed E-state index contributed by atoms with van der Waals surface area (Å²) in [5.74, 6) is 0.264. The number of carbonyl (C=O) groups excluding carboxylic acids is 1. The highest BCUT2D eigenvalue weighted by Crippen LogP contribution is 2.13. The van der Waals surface area contributed by atoms with Gasteiger partial charge >= 0.3 is 0 Å². The Bertz CT molecular complexity index is 1010. The molecule has 3 rings (SSSR count). The number of anilines is 1. The van der Waals surface area contributed by atoms with Gasteiger partial charge < -0.3 is 9.73 Å². The molecule has 0 bridgehead atoms. The van der Waals surface area contributed by atoms with Crippen LogP contribution in [-0.2, 0) is 21.4 Å². The van der Waals surface area contributed by atoms with Gasteiger partial charge in [0.25, 0.3) is 0 Å². The third kappa shape index (κ3) is 5.40. The normalized spacial score (nSPS) is 11.6. The van der Waals surface area contributed by atoms with Crippen LogP contribution in [0, 0.1) is 0 Å². The van der Waals surface area contributed by atoms with Crippen LogP contribution in [0.5, 0.6) is 0 Å². The predicted molar refractivity (Wildman–Crippen MR) is 103 cm³/mol. The topological polar surface area (TPSA) is 88.4 Å². The van der Waals surface area contributed by atoms with Crippen molar-refractivity contribution in [1.29, 1.82) is 0 Å². The minimum absolute atomic E-state index is 0.0800. The smallest absolute Gasteiger partial charge is 0.248 e. The number of furan rings is 1. The Labute approximate surface area is 157 Å². The summed E-state index contributed by atoms with van der Waals surface area (Å²) in [4.78, 5) is 12.0. The number of para-hydroxylation sites is 1. The molecule has 27 heavy (non-hydrogen) atoms. The quantitative estimate of drug-likeness (QED) is 0.613. The van der Waals surface area contributed by atoms with E-state index in [1.54, 1.807) is 42.5 Å². The maximum atomic E-state index is 12.3. The van der Waals surface area contributed by atoms with E-state index in [4.69, 9.17) is 4.42 Å². The van der Waals surface area contributed by atoms with Crippen molar-refractivity contribution in [3.8, 4) is 0 Å². The molecule has 1 amide bonds. The van der Waals surface area contributed by atoms with Gasteiger partial charge in [-0.3, -0.25) is 4.79 Å². The lowest BCUT2D eigenvalue weighted by atomic mass is 10.2. The van der Waals surface area contributed by atoms with E-state index in [0.717, 1.165) is 0 Å². The largest absolute Gasteiger partial charge is 0.468 e. The second kappa shape index (κ2) is 8.48. The lowest BCUT2D eigenvalue weighted by molar-refractivity contribution is -0.111. The Morgan fingerprint density at radius 2 is 1.70 bits per heavy atom. The molecular formula is C20H18N2O4S. The van der Waals surface area contributed by atoms with Gasteiger partial charge in [0.15, 0.2) is 0 Å². The molecule has 3 aromatic rings. The fourth-order valence-electron chi connectivity index (χ4n) is 2.30. The number of hydrogen-bond donors (Lipinski definition) is 2. The average molecular weight is 382 g/mol. The van der Waals surface area contributed by atoms with Crippen molar-refractivity contribution in [2.75, 3.05) is 5.32 Å². The second-order valence-corrected chi connectivity index (χ2v) is 7.43. The van der Waals surface area contributed by atoms with Gasteiger partial charge in [0.1, 0.15) is 5.76 Å². The van der Waals surface area contributed by atoms with Crippen LogP contribution >= 0.6 is 0 Å². The Morgan fingerprint density at radius 1 is 0.963 bits per heavy atom. The molecule has 2 N–H and O–H groups in total. The lowest BCUT2D eigenvalue weighted by Gasteiger charge is -2.05. The average Bonchev–Trinajstić information content (AvgIpc) is 3.20. The Kier molecular flexibility index (Phi) is 5.85. The molecule has 1 aromatic heterocycles. The molecule has 7 heteroatoms. The van der Waals surface area contributed by atoms with Gasteiger partial charge in [-0.05, 0) is 48.0 Å². The molecule has 138 valence electrons. The van der Waals surface area contributed by atoms with Crippen LogP contribution in [0.4, 0.5) is 5.69 Å². The molecule has 0 saturated carbocycles. The van der Waals surface area contributed by atoms with Crippen molar-refractivity contribution in [1.82, 2.24) is 4.72 Å². The highest BCUT2D eigenvalue weighted by Gasteiger charge is 2.13. The monoisotopic (exact) mass is 382 g/mol. The summed E-state index contributed by atoms with van der Waals surface area (Å²) in [5.41, 5.74) is 1.42. The van der Waals surface area contributed by atoms with Crippen LogP contribution in [0.1, 0.15) is 11.3 Å². The van der Waals surface area contributed by atoms with E-state index in [9.17, 15) is 13.2 Å². The predicted octanol–water partition coefficient (Wildman–Crippen LogP) is 3.41. The molecule has 1 heterocycles. The first-order valence-corrected chi connectivity index (χ1v) is 9.67. The standard InChI is InChI=1S/C20H18N2O4S/c23-20(22-17-5-2-1-3-6-17)13-10-16-8-11-19(12-9-16)27(24,25)21-15-18-7-4-14-26-18/h1-14,21H,15H2,(H,22,23). The van der Waals surface area contributed by atoms with Crippen molar-refractivity contribution < 1.29 is 17.6 Å². The summed E-state index contributed by atoms with van der Waals surface area (Å²) in [7, 11) is -3.64. The number of rotatable bonds is 7. The second-order valence-electron chi connectivity index (χ2n) is 5.66. The third-order valence-corrected chi connectivity index (χ3v) is 5.09. The lowest BCUT2D eigenvalue weighted by Crippen LogP contribution is -2.22. The van der Waals surface area contributed by atoms with E-state index < -0.39 is 10.0 Å². The van der Waals surface area contributed by atoms with Crippen LogP contribution in [0.15, 0.2) is 88.4 Å². The molecule has 0 aliphatic carbocycles. The molecule has 0 radical (unpaired) electrons. The van der Waals surface area contributed by atoms with E-state index in [0.29, 0.717) is 17.0 Å². The maximum absolute atomic E-state index is 12.3. The Hall–Kier alpha value is -3.16.